The van der Waals surface area contributed by atoms with Gasteiger partial charge in [0.25, 0.3) is 0 Å². The van der Waals surface area contributed by atoms with E-state index < -0.39 is 0 Å². The van der Waals surface area contributed by atoms with Crippen LogP contribution >= 0.6 is 11.6 Å². The zero-order chi connectivity index (χ0) is 17.8. The maximum atomic E-state index is 13.9. The van der Waals surface area contributed by atoms with Crippen molar-refractivity contribution in [3.63, 3.8) is 0 Å². The molecule has 1 aliphatic heterocycles. The topological polar surface area (TPSA) is 38.1 Å². The summed E-state index contributed by atoms with van der Waals surface area (Å²) in [6, 6.07) is 12.5. The van der Waals surface area contributed by atoms with Crippen molar-refractivity contribution in [2.75, 3.05) is 0 Å². The van der Waals surface area contributed by atoms with Gasteiger partial charge in [-0.2, -0.15) is 0 Å². The van der Waals surface area contributed by atoms with Crippen molar-refractivity contribution < 1.29 is 4.39 Å². The minimum Gasteiger partial charge on any atom is -0.276 e. The highest BCUT2D eigenvalue weighted by molar-refractivity contribution is 6.32. The summed E-state index contributed by atoms with van der Waals surface area (Å²) in [4.78, 5) is 4.94. The van der Waals surface area contributed by atoms with E-state index in [0.717, 1.165) is 21.9 Å². The minimum absolute atomic E-state index is 0.172. The summed E-state index contributed by atoms with van der Waals surface area (Å²) in [7, 11) is 0. The van der Waals surface area contributed by atoms with Crippen molar-refractivity contribution in [2.45, 2.75) is 32.2 Å². The number of rotatable bonds is 1. The van der Waals surface area contributed by atoms with Crippen LogP contribution in [0.2, 0.25) is 5.02 Å². The predicted molar refractivity (Wildman–Crippen MR) is 99.1 cm³/mol. The number of halogens is 2. The number of nitrogens with zero attached hydrogens (tertiary/aromatic N) is 3. The molecule has 25 heavy (non-hydrogen) atoms. The molecule has 0 aliphatic carbocycles. The van der Waals surface area contributed by atoms with Crippen LogP contribution in [0.5, 0.6) is 0 Å². The molecule has 1 aromatic heterocycles. The Labute approximate surface area is 150 Å². The quantitative estimate of drug-likeness (QED) is 0.606. The smallest absolute Gasteiger partial charge is 0.151 e. The lowest BCUT2D eigenvalue weighted by Gasteiger charge is -2.35. The fourth-order valence-electron chi connectivity index (χ4n) is 3.33. The average Bonchev–Trinajstić information content (AvgIpc) is 2.58. The van der Waals surface area contributed by atoms with E-state index in [9.17, 15) is 4.39 Å². The lowest BCUT2D eigenvalue weighted by Crippen LogP contribution is -2.33. The van der Waals surface area contributed by atoms with Crippen molar-refractivity contribution in [3.05, 3.63) is 70.1 Å². The van der Waals surface area contributed by atoms with Gasteiger partial charge in [-0.05, 0) is 37.6 Å². The molecule has 3 aromatic rings. The first kappa shape index (κ1) is 16.2. The van der Waals surface area contributed by atoms with Crippen molar-refractivity contribution in [1.29, 1.82) is 0 Å². The lowest BCUT2D eigenvalue weighted by atomic mass is 9.77. The third-order valence-electron chi connectivity index (χ3n) is 5.01. The number of hydrogen-bond donors (Lipinski definition) is 0. The van der Waals surface area contributed by atoms with Gasteiger partial charge in [-0.15, -0.1) is 10.2 Å². The summed E-state index contributed by atoms with van der Waals surface area (Å²) in [6.07, 6.45) is 0. The van der Waals surface area contributed by atoms with E-state index in [1.807, 2.05) is 30.3 Å². The molecule has 0 saturated heterocycles. The first-order valence-corrected chi connectivity index (χ1v) is 8.57. The van der Waals surface area contributed by atoms with Gasteiger partial charge in [0.15, 0.2) is 5.82 Å². The second-order valence-electron chi connectivity index (χ2n) is 6.94. The van der Waals surface area contributed by atoms with Crippen LogP contribution in [0, 0.1) is 5.82 Å². The summed E-state index contributed by atoms with van der Waals surface area (Å²) in [5.41, 5.74) is 3.35. The number of fused-ring (bicyclic) bond motifs is 2. The number of hydrogen-bond acceptors (Lipinski definition) is 3. The van der Waals surface area contributed by atoms with Gasteiger partial charge < -0.3 is 0 Å². The highest BCUT2D eigenvalue weighted by Crippen LogP contribution is 2.42. The molecule has 3 nitrogen and oxygen atoms in total. The highest BCUT2D eigenvalue weighted by atomic mass is 35.5. The summed E-state index contributed by atoms with van der Waals surface area (Å²) < 4.78 is 13.9. The van der Waals surface area contributed by atoms with Gasteiger partial charge in [-0.25, -0.2) is 4.39 Å². The third kappa shape index (κ3) is 2.52. The molecule has 0 spiro atoms. The number of aromatic nitrogens is 2. The molecule has 5 heteroatoms. The van der Waals surface area contributed by atoms with Crippen LogP contribution in [0.3, 0.4) is 0 Å². The molecular weight excluding hydrogens is 337 g/mol. The maximum Gasteiger partial charge on any atom is 0.151 e. The van der Waals surface area contributed by atoms with E-state index in [4.69, 9.17) is 16.6 Å². The molecule has 0 saturated carbocycles. The van der Waals surface area contributed by atoms with Gasteiger partial charge in [0.05, 0.1) is 11.3 Å². The fraction of sp³-hybridized carbons (Fsp3) is 0.250. The van der Waals surface area contributed by atoms with E-state index >= 15 is 0 Å². The van der Waals surface area contributed by atoms with Crippen LogP contribution in [0.4, 0.5) is 4.39 Å². The monoisotopic (exact) mass is 353 g/mol. The average molecular weight is 354 g/mol. The molecule has 1 aliphatic rings. The second-order valence-corrected chi connectivity index (χ2v) is 7.35. The molecule has 2 heterocycles. The van der Waals surface area contributed by atoms with Crippen LogP contribution < -0.4 is 0 Å². The first-order valence-electron chi connectivity index (χ1n) is 8.19. The molecule has 1 atom stereocenters. The highest BCUT2D eigenvalue weighted by Gasteiger charge is 2.36. The first-order chi connectivity index (χ1) is 11.9. The second kappa shape index (κ2) is 5.60. The lowest BCUT2D eigenvalue weighted by molar-refractivity contribution is 0.432. The van der Waals surface area contributed by atoms with Gasteiger partial charge in [-0.3, -0.25) is 4.99 Å². The number of benzene rings is 2. The zero-order valence-corrected chi connectivity index (χ0v) is 15.0. The molecular formula is C20H17ClFN3. The van der Waals surface area contributed by atoms with Gasteiger partial charge in [0.2, 0.25) is 0 Å². The molecule has 1 unspecified atom stereocenters. The third-order valence-corrected chi connectivity index (χ3v) is 5.34. The normalized spacial score (nSPS) is 18.8. The van der Waals surface area contributed by atoms with E-state index in [0.29, 0.717) is 11.1 Å². The molecule has 126 valence electrons. The standard InChI is InChI=1S/C20H17ClFN3/c1-11-17-13(7-5-8-14(17)21)19(23-20(11,2)3)16-10-12-6-4-9-15(22)18(12)25-24-16/h4-11H,1-3H3. The van der Waals surface area contributed by atoms with Gasteiger partial charge >= 0.3 is 0 Å². The van der Waals surface area contributed by atoms with Crippen molar-refractivity contribution in [1.82, 2.24) is 10.2 Å². The Kier molecular flexibility index (Phi) is 3.62. The fourth-order valence-corrected chi connectivity index (χ4v) is 3.67. The molecule has 0 amide bonds. The molecule has 0 radical (unpaired) electrons. The van der Waals surface area contributed by atoms with Crippen LogP contribution in [-0.2, 0) is 0 Å². The van der Waals surface area contributed by atoms with Crippen LogP contribution in [-0.4, -0.2) is 21.4 Å². The minimum atomic E-state index is -0.375. The molecule has 0 bridgehead atoms. The Bertz CT molecular complexity index is 1030. The van der Waals surface area contributed by atoms with Crippen molar-refractivity contribution in [3.8, 4) is 0 Å². The Morgan fingerprint density at radius 2 is 1.84 bits per heavy atom. The molecule has 0 fully saturated rings. The zero-order valence-electron chi connectivity index (χ0n) is 14.2. The largest absolute Gasteiger partial charge is 0.276 e. The molecule has 4 rings (SSSR count). The Morgan fingerprint density at radius 1 is 1.08 bits per heavy atom. The Morgan fingerprint density at radius 3 is 2.64 bits per heavy atom. The van der Waals surface area contributed by atoms with E-state index in [1.54, 1.807) is 6.07 Å². The molecule has 2 aromatic carbocycles. The Balaban J connectivity index is 1.97. The van der Waals surface area contributed by atoms with E-state index in [2.05, 4.69) is 31.0 Å². The Hall–Kier alpha value is -2.33. The van der Waals surface area contributed by atoms with Gasteiger partial charge in [0, 0.05) is 21.9 Å². The van der Waals surface area contributed by atoms with Crippen LogP contribution in [0.1, 0.15) is 43.5 Å². The summed E-state index contributed by atoms with van der Waals surface area (Å²) >= 11 is 6.49. The van der Waals surface area contributed by atoms with Crippen molar-refractivity contribution in [2.24, 2.45) is 4.99 Å². The van der Waals surface area contributed by atoms with E-state index in [1.165, 1.54) is 6.07 Å². The number of aliphatic imine (C=N–C) groups is 1. The maximum absolute atomic E-state index is 13.9. The SMILES string of the molecule is CC1c2c(Cl)cccc2C(c2cc3cccc(F)c3nn2)=NC1(C)C. The summed E-state index contributed by atoms with van der Waals surface area (Å²) in [5.74, 6) is -0.203. The molecule has 0 N–H and O–H groups in total. The summed E-state index contributed by atoms with van der Waals surface area (Å²) in [5, 5.41) is 9.75. The van der Waals surface area contributed by atoms with Crippen LogP contribution in [0.25, 0.3) is 10.9 Å². The summed E-state index contributed by atoms with van der Waals surface area (Å²) in [6.45, 7) is 6.29. The van der Waals surface area contributed by atoms with Gasteiger partial charge in [-0.1, -0.05) is 42.8 Å². The van der Waals surface area contributed by atoms with Crippen LogP contribution in [0.15, 0.2) is 47.5 Å². The van der Waals surface area contributed by atoms with Crippen molar-refractivity contribution >= 4 is 28.2 Å². The van der Waals surface area contributed by atoms with Gasteiger partial charge in [0.1, 0.15) is 11.2 Å². The van der Waals surface area contributed by atoms with E-state index in [-0.39, 0.29) is 22.8 Å². The predicted octanol–water partition coefficient (Wildman–Crippen LogP) is 5.16.